The molecule has 0 spiro atoms. The van der Waals surface area contributed by atoms with Crippen LogP contribution in [0.1, 0.15) is 6.42 Å². The van der Waals surface area contributed by atoms with E-state index in [-0.39, 0.29) is 13.0 Å². The van der Waals surface area contributed by atoms with Crippen LogP contribution in [0.3, 0.4) is 0 Å². The molecule has 1 aliphatic carbocycles. The van der Waals surface area contributed by atoms with Crippen molar-refractivity contribution in [2.24, 2.45) is 11.8 Å². The number of rotatable bonds is 3. The first-order valence-corrected chi connectivity index (χ1v) is 8.59. The van der Waals surface area contributed by atoms with Crippen molar-refractivity contribution in [3.8, 4) is 0 Å². The third-order valence-electron chi connectivity index (χ3n) is 5.97. The van der Waals surface area contributed by atoms with Crippen LogP contribution in [0.2, 0.25) is 0 Å². The number of fused-ring (bicyclic) bond motifs is 2. The van der Waals surface area contributed by atoms with E-state index in [0.29, 0.717) is 0 Å². The Labute approximate surface area is 148 Å². The zero-order valence-corrected chi connectivity index (χ0v) is 13.7. The van der Waals surface area contributed by atoms with Crippen LogP contribution in [-0.2, 0) is 18.9 Å². The molecule has 150 valence electrons. The summed E-state index contributed by atoms with van der Waals surface area (Å²) in [7, 11) is 0. The number of aliphatic hydroxyl groups is 7. The molecular formula is C15H24O11. The first-order chi connectivity index (χ1) is 12.3. The monoisotopic (exact) mass is 380 g/mol. The Balaban J connectivity index is 1.57. The van der Waals surface area contributed by atoms with Gasteiger partial charge in [0.2, 0.25) is 0 Å². The molecule has 26 heavy (non-hydrogen) atoms. The Morgan fingerprint density at radius 1 is 0.923 bits per heavy atom. The van der Waals surface area contributed by atoms with Gasteiger partial charge in [0, 0.05) is 18.3 Å². The lowest BCUT2D eigenvalue weighted by atomic mass is 9.82. The van der Waals surface area contributed by atoms with Crippen molar-refractivity contribution < 1.29 is 54.7 Å². The molecule has 0 aromatic carbocycles. The number of hydrogen-bond donors (Lipinski definition) is 7. The van der Waals surface area contributed by atoms with Crippen LogP contribution in [0.5, 0.6) is 0 Å². The van der Waals surface area contributed by atoms with Crippen molar-refractivity contribution >= 4 is 0 Å². The maximum Gasteiger partial charge on any atom is 0.189 e. The minimum Gasteiger partial charge on any atom is -0.394 e. The summed E-state index contributed by atoms with van der Waals surface area (Å²) in [5.74, 6) is -1.43. The first kappa shape index (κ1) is 18.9. The second-order valence-corrected chi connectivity index (χ2v) is 7.43. The van der Waals surface area contributed by atoms with Gasteiger partial charge < -0.3 is 54.7 Å². The van der Waals surface area contributed by atoms with Crippen LogP contribution in [0.25, 0.3) is 0 Å². The minimum atomic E-state index is -1.81. The third-order valence-corrected chi connectivity index (χ3v) is 5.97. The van der Waals surface area contributed by atoms with Gasteiger partial charge in [-0.25, -0.2) is 0 Å². The van der Waals surface area contributed by atoms with Crippen LogP contribution in [0, 0.1) is 11.8 Å². The molecule has 11 nitrogen and oxygen atoms in total. The topological polar surface area (TPSA) is 179 Å². The van der Waals surface area contributed by atoms with Crippen LogP contribution >= 0.6 is 0 Å². The summed E-state index contributed by atoms with van der Waals surface area (Å²) in [6.07, 6.45) is -11.8. The zero-order valence-electron chi connectivity index (χ0n) is 13.7. The molecule has 0 radical (unpaired) electrons. The van der Waals surface area contributed by atoms with Gasteiger partial charge >= 0.3 is 0 Å². The van der Waals surface area contributed by atoms with E-state index in [1.54, 1.807) is 0 Å². The molecule has 4 aliphatic heterocycles. The fraction of sp³-hybridized carbons (Fsp3) is 1.00. The average Bonchev–Trinajstić information content (AvgIpc) is 2.77. The quantitative estimate of drug-likeness (QED) is 0.251. The third kappa shape index (κ3) is 2.63. The molecule has 4 bridgehead atoms. The summed E-state index contributed by atoms with van der Waals surface area (Å²) in [6.45, 7) is -0.874. The van der Waals surface area contributed by atoms with Gasteiger partial charge in [0.25, 0.3) is 0 Å². The standard InChI is InChI=1S/C15H24O11/c16-2-5-9(18)10(19)11(20)14(24-5)26-13-7-4-1-6(25-13)23-3-15(7,22)12(21)8(4)17/h4-14,16-22H,1-3H2/t4-,5?,6?,7-,8+,9?,10?,11?,12-,13-,14?,15+/m1/s1. The summed E-state index contributed by atoms with van der Waals surface area (Å²) in [4.78, 5) is 0. The molecule has 12 atom stereocenters. The summed E-state index contributed by atoms with van der Waals surface area (Å²) in [5.41, 5.74) is -1.81. The molecule has 5 fully saturated rings. The molecule has 1 saturated carbocycles. The first-order valence-electron chi connectivity index (χ1n) is 8.59. The number of ether oxygens (including phenoxy) is 4. The highest BCUT2D eigenvalue weighted by Crippen LogP contribution is 2.52. The summed E-state index contributed by atoms with van der Waals surface area (Å²) < 4.78 is 21.9. The van der Waals surface area contributed by atoms with Crippen molar-refractivity contribution in [2.75, 3.05) is 13.2 Å². The van der Waals surface area contributed by atoms with Gasteiger partial charge in [0.15, 0.2) is 18.9 Å². The Morgan fingerprint density at radius 3 is 2.35 bits per heavy atom. The fourth-order valence-electron chi connectivity index (χ4n) is 4.49. The SMILES string of the molecule is OCC1OC(O[C@H]2OC3C[C@H]4[C@H](O)[C@@H](O)[C@](O)(CO3)[C@@H]24)C(O)C(O)C1O. The number of aliphatic hydroxyl groups excluding tert-OH is 6. The van der Waals surface area contributed by atoms with E-state index in [4.69, 9.17) is 18.9 Å². The van der Waals surface area contributed by atoms with Crippen molar-refractivity contribution in [1.29, 1.82) is 0 Å². The molecule has 0 amide bonds. The predicted molar refractivity (Wildman–Crippen MR) is 78.0 cm³/mol. The van der Waals surface area contributed by atoms with Gasteiger partial charge in [-0.2, -0.15) is 0 Å². The lowest BCUT2D eigenvalue weighted by Crippen LogP contribution is -2.61. The van der Waals surface area contributed by atoms with E-state index >= 15 is 0 Å². The molecule has 5 aliphatic rings. The smallest absolute Gasteiger partial charge is 0.189 e. The molecule has 11 heteroatoms. The highest BCUT2D eigenvalue weighted by molar-refractivity contribution is 5.12. The second kappa shape index (κ2) is 6.57. The molecule has 0 aromatic heterocycles. The maximum absolute atomic E-state index is 10.9. The molecule has 5 rings (SSSR count). The van der Waals surface area contributed by atoms with E-state index < -0.39 is 79.5 Å². The van der Waals surface area contributed by atoms with Crippen LogP contribution in [0.15, 0.2) is 0 Å². The van der Waals surface area contributed by atoms with Gasteiger partial charge in [0.1, 0.15) is 36.1 Å². The lowest BCUT2D eigenvalue weighted by molar-refractivity contribution is -0.371. The zero-order chi connectivity index (χ0) is 18.8. The van der Waals surface area contributed by atoms with Crippen LogP contribution < -0.4 is 0 Å². The van der Waals surface area contributed by atoms with E-state index in [0.717, 1.165) is 0 Å². The Kier molecular flexibility index (Phi) is 4.77. The van der Waals surface area contributed by atoms with E-state index in [1.807, 2.05) is 0 Å². The lowest BCUT2D eigenvalue weighted by Gasteiger charge is -2.44. The highest BCUT2D eigenvalue weighted by Gasteiger charge is 2.67. The summed E-state index contributed by atoms with van der Waals surface area (Å²) >= 11 is 0. The highest BCUT2D eigenvalue weighted by atomic mass is 16.8. The molecule has 6 unspecified atom stereocenters. The fourth-order valence-corrected chi connectivity index (χ4v) is 4.49. The molecule has 7 N–H and O–H groups in total. The van der Waals surface area contributed by atoms with Gasteiger partial charge in [0.05, 0.1) is 19.3 Å². The molecule has 4 heterocycles. The maximum atomic E-state index is 10.9. The molecule has 4 saturated heterocycles. The van der Waals surface area contributed by atoms with Crippen LogP contribution in [0.4, 0.5) is 0 Å². The van der Waals surface area contributed by atoms with Crippen molar-refractivity contribution in [2.45, 2.75) is 67.5 Å². The molecule has 0 aromatic rings. The Morgan fingerprint density at radius 2 is 1.65 bits per heavy atom. The van der Waals surface area contributed by atoms with Gasteiger partial charge in [-0.3, -0.25) is 0 Å². The van der Waals surface area contributed by atoms with Gasteiger partial charge in [-0.15, -0.1) is 0 Å². The molecular weight excluding hydrogens is 356 g/mol. The van der Waals surface area contributed by atoms with E-state index in [1.165, 1.54) is 0 Å². The van der Waals surface area contributed by atoms with Crippen molar-refractivity contribution in [3.05, 3.63) is 0 Å². The van der Waals surface area contributed by atoms with Crippen molar-refractivity contribution in [3.63, 3.8) is 0 Å². The normalized spacial score (nSPS) is 59.4. The summed E-state index contributed by atoms with van der Waals surface area (Å²) in [6, 6.07) is 0. The number of hydrogen-bond acceptors (Lipinski definition) is 11. The second-order valence-electron chi connectivity index (χ2n) is 7.43. The largest absolute Gasteiger partial charge is 0.394 e. The Bertz CT molecular complexity index is 532. The van der Waals surface area contributed by atoms with Gasteiger partial charge in [-0.05, 0) is 0 Å². The average molecular weight is 380 g/mol. The van der Waals surface area contributed by atoms with E-state index in [9.17, 15) is 35.7 Å². The predicted octanol–water partition coefficient (Wildman–Crippen LogP) is -4.40. The van der Waals surface area contributed by atoms with Crippen LogP contribution in [-0.4, -0.2) is 110 Å². The van der Waals surface area contributed by atoms with Crippen molar-refractivity contribution in [1.82, 2.24) is 0 Å². The minimum absolute atomic E-state index is 0.250. The van der Waals surface area contributed by atoms with Gasteiger partial charge in [-0.1, -0.05) is 0 Å². The Hall–Kier alpha value is -0.440. The summed E-state index contributed by atoms with van der Waals surface area (Å²) in [5, 5.41) is 70.4. The van der Waals surface area contributed by atoms with E-state index in [2.05, 4.69) is 0 Å².